The van der Waals surface area contributed by atoms with Crippen molar-refractivity contribution in [3.63, 3.8) is 0 Å². The maximum atomic E-state index is 13.1. The first-order valence-electron chi connectivity index (χ1n) is 9.75. The molecular weight excluding hydrogens is 388 g/mol. The molecule has 29 heavy (non-hydrogen) atoms. The number of benzene rings is 1. The topological polar surface area (TPSA) is 68.6 Å². The highest BCUT2D eigenvalue weighted by Crippen LogP contribution is 2.11. The number of esters is 1. The molecule has 156 valence electrons. The van der Waals surface area contributed by atoms with Crippen LogP contribution in [0, 0.1) is 13.8 Å². The molecule has 7 heteroatoms. The molecule has 0 aliphatic rings. The zero-order valence-electron chi connectivity index (χ0n) is 17.7. The number of thiazole rings is 1. The Bertz CT molecular complexity index is 1060. The van der Waals surface area contributed by atoms with Gasteiger partial charge in [0.25, 0.3) is 5.56 Å². The SMILES string of the molecule is CCOC(=O)/C=c1\s/c(=C\c2cc(C)ccc2C)c(=O)n1CC(=O)N(CC)CC. The third kappa shape index (κ3) is 5.67. The number of carbonyl (C=O) groups excluding carboxylic acids is 2. The van der Waals surface area contributed by atoms with Gasteiger partial charge in [-0.15, -0.1) is 11.3 Å². The molecule has 1 aromatic carbocycles. The van der Waals surface area contributed by atoms with Gasteiger partial charge < -0.3 is 9.64 Å². The van der Waals surface area contributed by atoms with Crippen LogP contribution in [0.5, 0.6) is 0 Å². The standard InChI is InChI=1S/C22H28N2O4S/c1-6-23(7-2)19(25)14-24-20(13-21(26)28-8-3)29-18(22(24)27)12-17-11-15(4)9-10-16(17)5/h9-13H,6-8,14H2,1-5H3/b18-12-,20-13-. The second-order valence-electron chi connectivity index (χ2n) is 6.66. The number of hydrogen-bond acceptors (Lipinski definition) is 5. The average molecular weight is 417 g/mol. The van der Waals surface area contributed by atoms with Gasteiger partial charge in [-0.2, -0.15) is 0 Å². The molecule has 2 rings (SSSR count). The van der Waals surface area contributed by atoms with Gasteiger partial charge in [-0.05, 0) is 51.8 Å². The zero-order valence-corrected chi connectivity index (χ0v) is 18.5. The summed E-state index contributed by atoms with van der Waals surface area (Å²) < 4.78 is 7.23. The Morgan fingerprint density at radius 2 is 1.86 bits per heavy atom. The number of nitrogens with zero attached hydrogens (tertiary/aromatic N) is 2. The largest absolute Gasteiger partial charge is 0.463 e. The lowest BCUT2D eigenvalue weighted by Gasteiger charge is -2.18. The van der Waals surface area contributed by atoms with E-state index in [-0.39, 0.29) is 24.6 Å². The average Bonchev–Trinajstić information content (AvgIpc) is 2.94. The fourth-order valence-corrected chi connectivity index (χ4v) is 3.97. The molecule has 2 aromatic rings. The molecule has 1 heterocycles. The molecule has 0 unspecified atom stereocenters. The highest BCUT2D eigenvalue weighted by molar-refractivity contribution is 7.07. The lowest BCUT2D eigenvalue weighted by molar-refractivity contribution is -0.135. The van der Waals surface area contributed by atoms with E-state index in [0.717, 1.165) is 16.7 Å². The van der Waals surface area contributed by atoms with E-state index in [4.69, 9.17) is 4.74 Å². The number of likely N-dealkylation sites (N-methyl/N-ethyl adjacent to an activating group) is 1. The maximum Gasteiger partial charge on any atom is 0.333 e. The first-order valence-corrected chi connectivity index (χ1v) is 10.6. The second-order valence-corrected chi connectivity index (χ2v) is 7.72. The minimum Gasteiger partial charge on any atom is -0.463 e. The van der Waals surface area contributed by atoms with Crippen molar-refractivity contribution in [3.8, 4) is 0 Å². The summed E-state index contributed by atoms with van der Waals surface area (Å²) in [5.41, 5.74) is 2.79. The van der Waals surface area contributed by atoms with Crippen LogP contribution >= 0.6 is 11.3 Å². The number of aromatic nitrogens is 1. The van der Waals surface area contributed by atoms with Gasteiger partial charge in [-0.3, -0.25) is 14.2 Å². The summed E-state index contributed by atoms with van der Waals surface area (Å²) >= 11 is 1.19. The molecule has 0 aliphatic carbocycles. The van der Waals surface area contributed by atoms with Crippen molar-refractivity contribution in [2.24, 2.45) is 0 Å². The second kappa shape index (κ2) is 10.2. The monoisotopic (exact) mass is 416 g/mol. The molecule has 0 bridgehead atoms. The first-order chi connectivity index (χ1) is 13.8. The van der Waals surface area contributed by atoms with E-state index < -0.39 is 5.97 Å². The zero-order chi connectivity index (χ0) is 21.6. The Kier molecular flexibility index (Phi) is 7.96. The molecule has 0 saturated heterocycles. The van der Waals surface area contributed by atoms with E-state index in [0.29, 0.717) is 22.3 Å². The van der Waals surface area contributed by atoms with Gasteiger partial charge in [0.05, 0.1) is 17.2 Å². The predicted molar refractivity (Wildman–Crippen MR) is 116 cm³/mol. The summed E-state index contributed by atoms with van der Waals surface area (Å²) in [6.07, 6.45) is 3.10. The molecular formula is C22H28N2O4S. The van der Waals surface area contributed by atoms with Crippen LogP contribution in [0.25, 0.3) is 12.2 Å². The fraction of sp³-hybridized carbons (Fsp3) is 0.409. The van der Waals surface area contributed by atoms with Gasteiger partial charge in [0, 0.05) is 13.1 Å². The van der Waals surface area contributed by atoms with Gasteiger partial charge in [0.2, 0.25) is 5.91 Å². The molecule has 1 aromatic heterocycles. The van der Waals surface area contributed by atoms with E-state index in [1.165, 1.54) is 22.0 Å². The fourth-order valence-electron chi connectivity index (χ4n) is 2.95. The number of amides is 1. The number of ether oxygens (including phenoxy) is 1. The molecule has 1 amide bonds. The maximum absolute atomic E-state index is 13.1. The van der Waals surface area contributed by atoms with E-state index in [1.54, 1.807) is 11.8 Å². The van der Waals surface area contributed by atoms with Crippen LogP contribution in [0.4, 0.5) is 0 Å². The van der Waals surface area contributed by atoms with E-state index in [9.17, 15) is 14.4 Å². The van der Waals surface area contributed by atoms with Crippen molar-refractivity contribution in [3.05, 3.63) is 54.4 Å². The van der Waals surface area contributed by atoms with Crippen molar-refractivity contribution in [2.75, 3.05) is 19.7 Å². The number of rotatable bonds is 7. The van der Waals surface area contributed by atoms with Crippen LogP contribution < -0.4 is 14.8 Å². The van der Waals surface area contributed by atoms with Crippen LogP contribution in [0.3, 0.4) is 0 Å². The van der Waals surface area contributed by atoms with Crippen LogP contribution in [-0.2, 0) is 20.9 Å². The van der Waals surface area contributed by atoms with Crippen LogP contribution in [0.1, 0.15) is 37.5 Å². The van der Waals surface area contributed by atoms with Crippen molar-refractivity contribution < 1.29 is 14.3 Å². The van der Waals surface area contributed by atoms with Gasteiger partial charge in [0.15, 0.2) is 0 Å². The van der Waals surface area contributed by atoms with Gasteiger partial charge in [-0.25, -0.2) is 4.79 Å². The number of hydrogen-bond donors (Lipinski definition) is 0. The summed E-state index contributed by atoms with van der Waals surface area (Å²) in [5, 5.41) is 0. The normalized spacial score (nSPS) is 12.3. The molecule has 0 atom stereocenters. The smallest absolute Gasteiger partial charge is 0.333 e. The van der Waals surface area contributed by atoms with Crippen molar-refractivity contribution in [1.29, 1.82) is 0 Å². The minimum absolute atomic E-state index is 0.108. The predicted octanol–water partition coefficient (Wildman–Crippen LogP) is 1.57. The third-order valence-electron chi connectivity index (χ3n) is 4.60. The molecule has 0 aliphatic heterocycles. The molecule has 0 N–H and O–H groups in total. The van der Waals surface area contributed by atoms with Crippen LogP contribution in [-0.4, -0.2) is 41.0 Å². The summed E-state index contributed by atoms with van der Waals surface area (Å²) in [4.78, 5) is 39.3. The Morgan fingerprint density at radius 1 is 1.17 bits per heavy atom. The lowest BCUT2D eigenvalue weighted by Crippen LogP contribution is -2.40. The Balaban J connectivity index is 2.63. The van der Waals surface area contributed by atoms with Crippen molar-refractivity contribution in [2.45, 2.75) is 41.2 Å². The molecule has 0 fully saturated rings. The highest BCUT2D eigenvalue weighted by Gasteiger charge is 2.15. The van der Waals surface area contributed by atoms with Crippen LogP contribution in [0.2, 0.25) is 0 Å². The lowest BCUT2D eigenvalue weighted by atomic mass is 10.1. The van der Waals surface area contributed by atoms with Crippen LogP contribution in [0.15, 0.2) is 23.0 Å². The van der Waals surface area contributed by atoms with E-state index in [1.807, 2.05) is 52.0 Å². The molecule has 0 radical (unpaired) electrons. The Morgan fingerprint density at radius 3 is 2.48 bits per heavy atom. The molecule has 6 nitrogen and oxygen atoms in total. The minimum atomic E-state index is -0.531. The summed E-state index contributed by atoms with van der Waals surface area (Å²) in [6, 6.07) is 6.03. The van der Waals surface area contributed by atoms with E-state index in [2.05, 4.69) is 0 Å². The molecule has 0 saturated carbocycles. The van der Waals surface area contributed by atoms with Crippen molar-refractivity contribution in [1.82, 2.24) is 9.47 Å². The number of carbonyl (C=O) groups is 2. The van der Waals surface area contributed by atoms with Gasteiger partial charge >= 0.3 is 5.97 Å². The van der Waals surface area contributed by atoms with Gasteiger partial charge in [-0.1, -0.05) is 23.8 Å². The Labute approximate surface area is 174 Å². The summed E-state index contributed by atoms with van der Waals surface area (Å²) in [7, 11) is 0. The quantitative estimate of drug-likeness (QED) is 0.643. The summed E-state index contributed by atoms with van der Waals surface area (Å²) in [5.74, 6) is -0.692. The summed E-state index contributed by atoms with van der Waals surface area (Å²) in [6.45, 7) is 10.7. The first kappa shape index (κ1) is 22.6. The Hall–Kier alpha value is -2.67. The van der Waals surface area contributed by atoms with Gasteiger partial charge in [0.1, 0.15) is 11.2 Å². The molecule has 0 spiro atoms. The highest BCUT2D eigenvalue weighted by atomic mass is 32.1. The third-order valence-corrected chi connectivity index (χ3v) is 5.66. The number of aryl methyl sites for hydroxylation is 2. The van der Waals surface area contributed by atoms with E-state index >= 15 is 0 Å². The van der Waals surface area contributed by atoms with Crippen molar-refractivity contribution >= 4 is 35.4 Å².